The van der Waals surface area contributed by atoms with Crippen LogP contribution in [0.1, 0.15) is 13.8 Å². The van der Waals surface area contributed by atoms with Gasteiger partial charge in [0.15, 0.2) is 9.76 Å². The second-order valence-corrected chi connectivity index (χ2v) is 6.26. The van der Waals surface area contributed by atoms with Crippen molar-refractivity contribution in [1.82, 2.24) is 10.2 Å². The second kappa shape index (κ2) is 3.67. The fourth-order valence-electron chi connectivity index (χ4n) is 1.47. The van der Waals surface area contributed by atoms with E-state index < -0.39 is 9.76 Å². The molecule has 3 nitrogen and oxygen atoms in total. The first-order chi connectivity index (χ1) is 5.17. The molecule has 0 aliphatic carbocycles. The summed E-state index contributed by atoms with van der Waals surface area (Å²) in [6.07, 6.45) is 0. The summed E-state index contributed by atoms with van der Waals surface area (Å²) < 4.78 is 5.29. The molecule has 0 atom stereocenters. The van der Waals surface area contributed by atoms with Crippen LogP contribution < -0.4 is 5.32 Å². The molecule has 0 bridgehead atoms. The molecule has 0 unspecified atom stereocenters. The molecular weight excluding hydrogens is 156 g/mol. The molecular formula is C7H18N2OSi. The number of rotatable bonds is 3. The molecule has 0 aromatic carbocycles. The standard InChI is InChI=1S/C7H18N2OSi/c1-7(2,11-10-3)9-5-4-8-6-9/h8H,4-6,11H2,1-3H3. The lowest BCUT2D eigenvalue weighted by Gasteiger charge is -2.33. The van der Waals surface area contributed by atoms with Crippen molar-refractivity contribution >= 4 is 9.76 Å². The Morgan fingerprint density at radius 2 is 2.27 bits per heavy atom. The summed E-state index contributed by atoms with van der Waals surface area (Å²) in [6, 6.07) is 0. The number of nitrogens with one attached hydrogen (secondary N) is 1. The van der Waals surface area contributed by atoms with E-state index in [1.807, 2.05) is 7.11 Å². The zero-order chi connectivity index (χ0) is 8.32. The molecule has 1 heterocycles. The van der Waals surface area contributed by atoms with E-state index in [2.05, 4.69) is 24.1 Å². The van der Waals surface area contributed by atoms with Crippen molar-refractivity contribution in [3.8, 4) is 0 Å². The van der Waals surface area contributed by atoms with Crippen LogP contribution in [0.2, 0.25) is 0 Å². The van der Waals surface area contributed by atoms with Crippen LogP contribution in [0.25, 0.3) is 0 Å². The molecule has 0 aromatic rings. The molecule has 4 heteroatoms. The predicted molar refractivity (Wildman–Crippen MR) is 49.2 cm³/mol. The van der Waals surface area contributed by atoms with Crippen LogP contribution in [-0.2, 0) is 4.43 Å². The number of nitrogens with zero attached hydrogens (tertiary/aromatic N) is 1. The van der Waals surface area contributed by atoms with Crippen LogP contribution in [0.15, 0.2) is 0 Å². The van der Waals surface area contributed by atoms with Crippen molar-refractivity contribution < 1.29 is 4.43 Å². The van der Waals surface area contributed by atoms with Crippen LogP contribution >= 0.6 is 0 Å². The van der Waals surface area contributed by atoms with Crippen LogP contribution in [-0.4, -0.2) is 46.7 Å². The van der Waals surface area contributed by atoms with Gasteiger partial charge in [0.25, 0.3) is 0 Å². The Balaban J connectivity index is 2.41. The maximum atomic E-state index is 5.29. The molecule has 1 rings (SSSR count). The molecule has 0 spiro atoms. The summed E-state index contributed by atoms with van der Waals surface area (Å²) in [7, 11) is 1.42. The molecule has 1 fully saturated rings. The lowest BCUT2D eigenvalue weighted by Crippen LogP contribution is -2.48. The predicted octanol–water partition coefficient (Wildman–Crippen LogP) is -0.685. The van der Waals surface area contributed by atoms with Gasteiger partial charge in [-0.15, -0.1) is 0 Å². The van der Waals surface area contributed by atoms with E-state index >= 15 is 0 Å². The van der Waals surface area contributed by atoms with E-state index in [4.69, 9.17) is 4.43 Å². The van der Waals surface area contributed by atoms with Gasteiger partial charge in [-0.1, -0.05) is 0 Å². The SMILES string of the molecule is CO[SiH2]C(C)(C)N1CCNC1. The van der Waals surface area contributed by atoms with E-state index in [-0.39, 0.29) is 0 Å². The normalized spacial score (nSPS) is 22.1. The Bertz CT molecular complexity index is 124. The highest BCUT2D eigenvalue weighted by molar-refractivity contribution is 6.31. The van der Waals surface area contributed by atoms with Crippen molar-refractivity contribution in [2.75, 3.05) is 26.9 Å². The first-order valence-electron chi connectivity index (χ1n) is 4.11. The smallest absolute Gasteiger partial charge is 0.180 e. The monoisotopic (exact) mass is 174 g/mol. The third kappa shape index (κ3) is 2.26. The molecule has 66 valence electrons. The van der Waals surface area contributed by atoms with E-state index in [1.165, 1.54) is 6.54 Å². The summed E-state index contributed by atoms with van der Waals surface area (Å²) in [4.78, 5) is 2.46. The summed E-state index contributed by atoms with van der Waals surface area (Å²) in [6.45, 7) is 7.87. The van der Waals surface area contributed by atoms with Crippen LogP contribution in [0.3, 0.4) is 0 Å². The molecule has 1 aliphatic heterocycles. The minimum atomic E-state index is -0.394. The summed E-state index contributed by atoms with van der Waals surface area (Å²) in [5.41, 5.74) is 0. The van der Waals surface area contributed by atoms with E-state index in [1.54, 1.807) is 0 Å². The van der Waals surface area contributed by atoms with Crippen molar-refractivity contribution in [2.45, 2.75) is 19.0 Å². The highest BCUT2D eigenvalue weighted by Crippen LogP contribution is 2.13. The third-order valence-corrected chi connectivity index (χ3v) is 3.66. The Hall–Kier alpha value is 0.0969. The molecule has 1 N–H and O–H groups in total. The van der Waals surface area contributed by atoms with Gasteiger partial charge in [-0.05, 0) is 13.8 Å². The Labute approximate surface area is 71.0 Å². The largest absolute Gasteiger partial charge is 0.425 e. The van der Waals surface area contributed by atoms with Crippen molar-refractivity contribution in [2.24, 2.45) is 0 Å². The van der Waals surface area contributed by atoms with Crippen molar-refractivity contribution in [3.05, 3.63) is 0 Å². The molecule has 0 saturated carbocycles. The average Bonchev–Trinajstić information content (AvgIpc) is 2.37. The lowest BCUT2D eigenvalue weighted by atomic mass is 10.3. The molecule has 0 aromatic heterocycles. The van der Waals surface area contributed by atoms with Gasteiger partial charge < -0.3 is 9.74 Å². The quantitative estimate of drug-likeness (QED) is 0.574. The van der Waals surface area contributed by atoms with E-state index in [0.29, 0.717) is 5.16 Å². The highest BCUT2D eigenvalue weighted by atomic mass is 28.2. The van der Waals surface area contributed by atoms with Gasteiger partial charge in [0, 0.05) is 32.0 Å². The fourth-order valence-corrected chi connectivity index (χ4v) is 2.63. The number of hydrogen-bond acceptors (Lipinski definition) is 3. The average molecular weight is 174 g/mol. The van der Waals surface area contributed by atoms with Crippen LogP contribution in [0.4, 0.5) is 0 Å². The van der Waals surface area contributed by atoms with E-state index in [0.717, 1.165) is 13.2 Å². The lowest BCUT2D eigenvalue weighted by molar-refractivity contribution is 0.209. The third-order valence-electron chi connectivity index (χ3n) is 2.21. The van der Waals surface area contributed by atoms with Crippen molar-refractivity contribution in [1.29, 1.82) is 0 Å². The zero-order valence-electron chi connectivity index (χ0n) is 7.68. The van der Waals surface area contributed by atoms with E-state index in [9.17, 15) is 0 Å². The van der Waals surface area contributed by atoms with Crippen LogP contribution in [0.5, 0.6) is 0 Å². The summed E-state index contributed by atoms with van der Waals surface area (Å²) in [5.74, 6) is 0. The summed E-state index contributed by atoms with van der Waals surface area (Å²) in [5, 5.41) is 3.65. The van der Waals surface area contributed by atoms with Crippen molar-refractivity contribution in [3.63, 3.8) is 0 Å². The minimum Gasteiger partial charge on any atom is -0.425 e. The first kappa shape index (κ1) is 9.19. The maximum Gasteiger partial charge on any atom is 0.180 e. The van der Waals surface area contributed by atoms with Gasteiger partial charge in [0.1, 0.15) is 0 Å². The summed E-state index contributed by atoms with van der Waals surface area (Å²) >= 11 is 0. The van der Waals surface area contributed by atoms with Gasteiger partial charge in [-0.2, -0.15) is 0 Å². The van der Waals surface area contributed by atoms with Gasteiger partial charge in [0.05, 0.1) is 0 Å². The topological polar surface area (TPSA) is 24.5 Å². The molecule has 0 radical (unpaired) electrons. The van der Waals surface area contributed by atoms with Crippen LogP contribution in [0, 0.1) is 0 Å². The molecule has 0 amide bonds. The fraction of sp³-hybridized carbons (Fsp3) is 1.00. The maximum absolute atomic E-state index is 5.29. The molecule has 11 heavy (non-hydrogen) atoms. The Kier molecular flexibility index (Phi) is 3.06. The number of hydrogen-bond donors (Lipinski definition) is 1. The Morgan fingerprint density at radius 3 is 2.73 bits per heavy atom. The molecule has 1 saturated heterocycles. The molecule has 1 aliphatic rings. The van der Waals surface area contributed by atoms with Gasteiger partial charge in [-0.25, -0.2) is 0 Å². The van der Waals surface area contributed by atoms with Gasteiger partial charge in [0.2, 0.25) is 0 Å². The zero-order valence-corrected chi connectivity index (χ0v) is 9.10. The highest BCUT2D eigenvalue weighted by Gasteiger charge is 2.29. The Morgan fingerprint density at radius 1 is 1.55 bits per heavy atom. The minimum absolute atomic E-state index is 0.318. The van der Waals surface area contributed by atoms with Gasteiger partial charge in [-0.3, -0.25) is 4.90 Å². The van der Waals surface area contributed by atoms with Gasteiger partial charge >= 0.3 is 0 Å². The first-order valence-corrected chi connectivity index (χ1v) is 5.40. The second-order valence-electron chi connectivity index (χ2n) is 3.67.